The number of ether oxygens (including phenoxy) is 7. The zero-order valence-corrected chi connectivity index (χ0v) is 25.6. The number of piperidine rings is 1. The first-order valence-corrected chi connectivity index (χ1v) is 14.4. The molecule has 0 unspecified atom stereocenters. The van der Waals surface area contributed by atoms with Gasteiger partial charge in [0.1, 0.15) is 42.2 Å². The molecule has 0 aliphatic carbocycles. The average molecular weight is 595 g/mol. The zero-order chi connectivity index (χ0) is 31.1. The van der Waals surface area contributed by atoms with Gasteiger partial charge in [-0.3, -0.25) is 0 Å². The van der Waals surface area contributed by atoms with Gasteiger partial charge in [-0.05, 0) is 62.7 Å². The number of carbonyl (C=O) groups is 1. The first kappa shape index (κ1) is 33.5. The highest BCUT2D eigenvalue weighted by molar-refractivity contribution is 5.74. The molecule has 0 bridgehead atoms. The predicted octanol–water partition coefficient (Wildman–Crippen LogP) is 5.07. The van der Waals surface area contributed by atoms with Crippen LogP contribution in [0.2, 0.25) is 0 Å². The number of nitrogens with zero attached hydrogens (tertiary/aromatic N) is 2. The Hall–Kier alpha value is -3.96. The fourth-order valence-electron chi connectivity index (χ4n) is 4.35. The van der Waals surface area contributed by atoms with Crippen molar-refractivity contribution in [2.75, 3.05) is 66.4 Å². The van der Waals surface area contributed by atoms with Gasteiger partial charge in [0.25, 0.3) is 0 Å². The predicted molar refractivity (Wildman–Crippen MR) is 161 cm³/mol. The smallest absolute Gasteiger partial charge is 0.410 e. The first-order chi connectivity index (χ1) is 20.7. The fourth-order valence-corrected chi connectivity index (χ4v) is 4.35. The molecule has 2 aromatic rings. The van der Waals surface area contributed by atoms with E-state index in [1.165, 1.54) is 0 Å². The summed E-state index contributed by atoms with van der Waals surface area (Å²) in [4.78, 5) is 14.1. The first-order valence-electron chi connectivity index (χ1n) is 14.4. The van der Waals surface area contributed by atoms with E-state index in [-0.39, 0.29) is 18.8 Å². The standard InChI is InChI=1S/C33H42N2O8/c1-6-13-38-14-15-39-16-17-40-18-19-41-28-7-8-31(37-5)30(23-28)26-20-25(24-34)21-29(22-26)42-27-9-11-35(12-10-27)32(36)43-33(2,3)4/h1,7-8,20-23,27H,9-19H2,2-5H3. The van der Waals surface area contributed by atoms with Crippen molar-refractivity contribution >= 4 is 6.09 Å². The molecule has 1 amide bonds. The van der Waals surface area contributed by atoms with E-state index in [1.807, 2.05) is 45.0 Å². The molecule has 10 heteroatoms. The van der Waals surface area contributed by atoms with Crippen LogP contribution in [0.4, 0.5) is 4.79 Å². The summed E-state index contributed by atoms with van der Waals surface area (Å²) in [6.45, 7) is 9.47. The molecule has 1 fully saturated rings. The van der Waals surface area contributed by atoms with Crippen molar-refractivity contribution in [1.82, 2.24) is 4.90 Å². The van der Waals surface area contributed by atoms with Crippen LogP contribution in [0.25, 0.3) is 11.1 Å². The maximum Gasteiger partial charge on any atom is 0.410 e. The van der Waals surface area contributed by atoms with Crippen LogP contribution in [0.15, 0.2) is 36.4 Å². The molecule has 3 rings (SSSR count). The Balaban J connectivity index is 1.56. The molecule has 1 saturated heterocycles. The second-order valence-electron chi connectivity index (χ2n) is 10.8. The fraction of sp³-hybridized carbons (Fsp3) is 0.515. The summed E-state index contributed by atoms with van der Waals surface area (Å²) in [6, 6.07) is 13.2. The third-order valence-corrected chi connectivity index (χ3v) is 6.34. The molecule has 10 nitrogen and oxygen atoms in total. The van der Waals surface area contributed by atoms with Crippen LogP contribution < -0.4 is 14.2 Å². The topological polar surface area (TPSA) is 109 Å². The molecule has 0 spiro atoms. The number of terminal acetylenes is 1. The van der Waals surface area contributed by atoms with E-state index in [4.69, 9.17) is 39.6 Å². The molecule has 1 aliphatic heterocycles. The Labute approximate surface area is 254 Å². The molecule has 1 aliphatic rings. The van der Waals surface area contributed by atoms with Crippen LogP contribution in [0.5, 0.6) is 17.2 Å². The summed E-state index contributed by atoms with van der Waals surface area (Å²) < 4.78 is 39.4. The lowest BCUT2D eigenvalue weighted by Gasteiger charge is -2.33. The number of benzene rings is 2. The highest BCUT2D eigenvalue weighted by Gasteiger charge is 2.28. The van der Waals surface area contributed by atoms with Crippen LogP contribution in [0.1, 0.15) is 39.2 Å². The molecule has 0 aromatic heterocycles. The molecule has 232 valence electrons. The third-order valence-electron chi connectivity index (χ3n) is 6.34. The minimum Gasteiger partial charge on any atom is -0.496 e. The van der Waals surface area contributed by atoms with Crippen molar-refractivity contribution < 1.29 is 38.0 Å². The lowest BCUT2D eigenvalue weighted by Crippen LogP contribution is -2.44. The Morgan fingerprint density at radius 2 is 1.63 bits per heavy atom. The number of carbonyl (C=O) groups excluding carboxylic acids is 1. The summed E-state index contributed by atoms with van der Waals surface area (Å²) in [5, 5.41) is 9.72. The molecule has 2 aromatic carbocycles. The number of methoxy groups -OCH3 is 1. The van der Waals surface area contributed by atoms with Gasteiger partial charge >= 0.3 is 6.09 Å². The van der Waals surface area contributed by atoms with Crippen LogP contribution in [0, 0.1) is 23.7 Å². The number of likely N-dealkylation sites (tertiary alicyclic amines) is 1. The number of nitriles is 1. The van der Waals surface area contributed by atoms with E-state index in [0.717, 1.165) is 11.1 Å². The van der Waals surface area contributed by atoms with Gasteiger partial charge in [0, 0.05) is 31.5 Å². The molecular formula is C33H42N2O8. The van der Waals surface area contributed by atoms with E-state index in [0.29, 0.717) is 88.4 Å². The van der Waals surface area contributed by atoms with Gasteiger partial charge < -0.3 is 38.1 Å². The quantitative estimate of drug-likeness (QED) is 0.206. The molecule has 0 atom stereocenters. The van der Waals surface area contributed by atoms with Crippen LogP contribution in [-0.2, 0) is 18.9 Å². The van der Waals surface area contributed by atoms with Gasteiger partial charge in [-0.25, -0.2) is 4.79 Å². The molecule has 0 radical (unpaired) electrons. The van der Waals surface area contributed by atoms with E-state index < -0.39 is 5.60 Å². The summed E-state index contributed by atoms with van der Waals surface area (Å²) >= 11 is 0. The van der Waals surface area contributed by atoms with Crippen LogP contribution in [0.3, 0.4) is 0 Å². The normalized spacial score (nSPS) is 13.6. The van der Waals surface area contributed by atoms with Gasteiger partial charge in [0.15, 0.2) is 0 Å². The van der Waals surface area contributed by atoms with Crippen molar-refractivity contribution in [2.24, 2.45) is 0 Å². The second-order valence-corrected chi connectivity index (χ2v) is 10.8. The monoisotopic (exact) mass is 594 g/mol. The maximum absolute atomic E-state index is 12.4. The number of hydrogen-bond acceptors (Lipinski definition) is 9. The summed E-state index contributed by atoms with van der Waals surface area (Å²) in [5.41, 5.74) is 1.46. The molecule has 0 N–H and O–H groups in total. The SMILES string of the molecule is C#CCOCCOCCOCCOc1ccc(OC)c(-c2cc(C#N)cc(OC3CCN(C(=O)OC(C)(C)C)CC3)c2)c1. The second kappa shape index (κ2) is 17.2. The molecule has 43 heavy (non-hydrogen) atoms. The average Bonchev–Trinajstić information content (AvgIpc) is 2.99. The van der Waals surface area contributed by atoms with E-state index in [9.17, 15) is 10.1 Å². The van der Waals surface area contributed by atoms with Crippen LogP contribution in [-0.4, -0.2) is 89.1 Å². The Morgan fingerprint density at radius 3 is 2.26 bits per heavy atom. The van der Waals surface area contributed by atoms with E-state index >= 15 is 0 Å². The van der Waals surface area contributed by atoms with Crippen molar-refractivity contribution in [3.8, 4) is 46.8 Å². The maximum atomic E-state index is 12.4. The van der Waals surface area contributed by atoms with Gasteiger partial charge in [-0.2, -0.15) is 5.26 Å². The minimum atomic E-state index is -0.537. The molecule has 0 saturated carbocycles. The lowest BCUT2D eigenvalue weighted by molar-refractivity contribution is 0.0126. The van der Waals surface area contributed by atoms with Crippen molar-refractivity contribution in [1.29, 1.82) is 5.26 Å². The van der Waals surface area contributed by atoms with Gasteiger partial charge in [0.05, 0.1) is 51.8 Å². The number of amides is 1. The van der Waals surface area contributed by atoms with E-state index in [2.05, 4.69) is 12.0 Å². The zero-order valence-electron chi connectivity index (χ0n) is 25.6. The number of rotatable bonds is 15. The summed E-state index contributed by atoms with van der Waals surface area (Å²) in [6.07, 6.45) is 6.04. The lowest BCUT2D eigenvalue weighted by atomic mass is 10.0. The van der Waals surface area contributed by atoms with Gasteiger partial charge in [0.2, 0.25) is 0 Å². The number of hydrogen-bond donors (Lipinski definition) is 0. The summed E-state index contributed by atoms with van der Waals surface area (Å²) in [7, 11) is 1.60. The Morgan fingerprint density at radius 1 is 0.953 bits per heavy atom. The van der Waals surface area contributed by atoms with Crippen LogP contribution >= 0.6 is 0 Å². The van der Waals surface area contributed by atoms with Gasteiger partial charge in [-0.15, -0.1) is 6.42 Å². The minimum absolute atomic E-state index is 0.0933. The highest BCUT2D eigenvalue weighted by atomic mass is 16.6. The van der Waals surface area contributed by atoms with Gasteiger partial charge in [-0.1, -0.05) is 5.92 Å². The van der Waals surface area contributed by atoms with Crippen molar-refractivity contribution in [3.63, 3.8) is 0 Å². The van der Waals surface area contributed by atoms with Crippen molar-refractivity contribution in [3.05, 3.63) is 42.0 Å². The molecular weight excluding hydrogens is 552 g/mol. The van der Waals surface area contributed by atoms with E-state index in [1.54, 1.807) is 24.1 Å². The summed E-state index contributed by atoms with van der Waals surface area (Å²) in [5.74, 6) is 4.26. The Bertz CT molecular complexity index is 1250. The largest absolute Gasteiger partial charge is 0.496 e. The van der Waals surface area contributed by atoms with Crippen molar-refractivity contribution in [2.45, 2.75) is 45.3 Å². The molecule has 1 heterocycles. The Kier molecular flexibility index (Phi) is 13.4. The highest BCUT2D eigenvalue weighted by Crippen LogP contribution is 2.36. The third kappa shape index (κ3) is 11.7.